The number of rotatable bonds is 7. The topological polar surface area (TPSA) is 96.5 Å². The van der Waals surface area contributed by atoms with Gasteiger partial charge < -0.3 is 10.1 Å². The van der Waals surface area contributed by atoms with Crippen LogP contribution in [0, 0.1) is 0 Å². The van der Waals surface area contributed by atoms with E-state index in [2.05, 4.69) is 23.1 Å². The summed E-state index contributed by atoms with van der Waals surface area (Å²) in [6.45, 7) is 3.66. The van der Waals surface area contributed by atoms with Crippen molar-refractivity contribution in [1.82, 2.24) is 10.9 Å². The van der Waals surface area contributed by atoms with E-state index in [0.717, 1.165) is 6.42 Å². The first-order valence-corrected chi connectivity index (χ1v) is 10.3. The molecule has 3 aromatic rings. The smallest absolute Gasteiger partial charge is 0.279 e. The molecule has 0 heterocycles. The highest BCUT2D eigenvalue weighted by molar-refractivity contribution is 6.04. The largest absolute Gasteiger partial charge is 0.481 e. The average Bonchev–Trinajstić information content (AvgIpc) is 2.83. The van der Waals surface area contributed by atoms with Gasteiger partial charge in [0.15, 0.2) is 6.10 Å². The summed E-state index contributed by atoms with van der Waals surface area (Å²) >= 11 is 0. The van der Waals surface area contributed by atoms with Crippen molar-refractivity contribution < 1.29 is 19.1 Å². The Balaban J connectivity index is 1.48. The second kappa shape index (κ2) is 10.8. The van der Waals surface area contributed by atoms with Gasteiger partial charge in [0.1, 0.15) is 5.75 Å². The Bertz CT molecular complexity index is 1060. The van der Waals surface area contributed by atoms with E-state index in [-0.39, 0.29) is 5.91 Å². The molecule has 1 unspecified atom stereocenters. The first kappa shape index (κ1) is 22.6. The maximum absolute atomic E-state index is 12.3. The molecule has 0 radical (unpaired) electrons. The van der Waals surface area contributed by atoms with Crippen LogP contribution in [-0.2, 0) is 11.2 Å². The van der Waals surface area contributed by atoms with Gasteiger partial charge in [0.05, 0.1) is 0 Å². The Hall–Kier alpha value is -4.13. The number of aryl methyl sites for hydroxylation is 1. The van der Waals surface area contributed by atoms with Crippen LogP contribution in [0.15, 0.2) is 78.9 Å². The number of amides is 3. The Morgan fingerprint density at radius 1 is 0.781 bits per heavy atom. The maximum atomic E-state index is 12.3. The molecule has 0 aromatic heterocycles. The SMILES string of the molecule is CCc1ccc(OC(C)C(=O)NNC(=O)c2ccc(NC(=O)c3ccccc3)cc2)cc1. The molecule has 32 heavy (non-hydrogen) atoms. The quantitative estimate of drug-likeness (QED) is 0.497. The number of carbonyl (C=O) groups is 3. The number of ether oxygens (including phenoxy) is 1. The molecule has 0 fully saturated rings. The average molecular weight is 431 g/mol. The van der Waals surface area contributed by atoms with Gasteiger partial charge in [0.25, 0.3) is 17.7 Å². The van der Waals surface area contributed by atoms with E-state index in [0.29, 0.717) is 22.6 Å². The van der Waals surface area contributed by atoms with Crippen LogP contribution in [0.3, 0.4) is 0 Å². The lowest BCUT2D eigenvalue weighted by Gasteiger charge is -2.15. The number of anilines is 1. The van der Waals surface area contributed by atoms with Crippen LogP contribution in [0.25, 0.3) is 0 Å². The number of hydrogen-bond donors (Lipinski definition) is 3. The molecule has 0 aliphatic carbocycles. The van der Waals surface area contributed by atoms with Gasteiger partial charge >= 0.3 is 0 Å². The van der Waals surface area contributed by atoms with Gasteiger partial charge in [-0.25, -0.2) is 0 Å². The zero-order chi connectivity index (χ0) is 22.9. The Kier molecular flexibility index (Phi) is 7.59. The highest BCUT2D eigenvalue weighted by Crippen LogP contribution is 2.14. The van der Waals surface area contributed by atoms with E-state index in [1.54, 1.807) is 67.6 Å². The lowest BCUT2D eigenvalue weighted by atomic mass is 10.1. The number of benzene rings is 3. The van der Waals surface area contributed by atoms with Gasteiger partial charge in [-0.1, -0.05) is 37.3 Å². The standard InChI is InChI=1S/C25H25N3O4/c1-3-18-9-15-22(16-10-18)32-17(2)23(29)27-28-25(31)20-11-13-21(14-12-20)26-24(30)19-7-5-4-6-8-19/h4-17H,3H2,1-2H3,(H,26,30)(H,27,29)(H,28,31). The molecule has 0 aliphatic heterocycles. The molecular weight excluding hydrogens is 406 g/mol. The van der Waals surface area contributed by atoms with Gasteiger partial charge in [-0.2, -0.15) is 0 Å². The van der Waals surface area contributed by atoms with Crippen molar-refractivity contribution in [1.29, 1.82) is 0 Å². The van der Waals surface area contributed by atoms with Crippen molar-refractivity contribution in [3.05, 3.63) is 95.6 Å². The minimum atomic E-state index is -0.793. The van der Waals surface area contributed by atoms with E-state index in [1.807, 2.05) is 18.2 Å². The number of carbonyl (C=O) groups excluding carboxylic acids is 3. The number of hydrazine groups is 1. The van der Waals surface area contributed by atoms with Gasteiger partial charge in [-0.15, -0.1) is 0 Å². The van der Waals surface area contributed by atoms with Crippen molar-refractivity contribution in [2.45, 2.75) is 26.4 Å². The van der Waals surface area contributed by atoms with Crippen molar-refractivity contribution in [3.63, 3.8) is 0 Å². The molecule has 7 nitrogen and oxygen atoms in total. The minimum Gasteiger partial charge on any atom is -0.481 e. The highest BCUT2D eigenvalue weighted by atomic mass is 16.5. The molecule has 3 rings (SSSR count). The molecule has 1 atom stereocenters. The lowest BCUT2D eigenvalue weighted by Crippen LogP contribution is -2.47. The van der Waals surface area contributed by atoms with Crippen molar-refractivity contribution >= 4 is 23.4 Å². The minimum absolute atomic E-state index is 0.242. The fourth-order valence-corrected chi connectivity index (χ4v) is 2.85. The molecule has 0 spiro atoms. The van der Waals surface area contributed by atoms with E-state index < -0.39 is 17.9 Å². The molecule has 164 valence electrons. The summed E-state index contributed by atoms with van der Waals surface area (Å²) in [5, 5.41) is 2.76. The molecule has 3 amide bonds. The third kappa shape index (κ3) is 6.18. The maximum Gasteiger partial charge on any atom is 0.279 e. The molecule has 0 saturated carbocycles. The fourth-order valence-electron chi connectivity index (χ4n) is 2.85. The molecule has 3 N–H and O–H groups in total. The van der Waals surface area contributed by atoms with Crippen molar-refractivity contribution in [2.24, 2.45) is 0 Å². The van der Waals surface area contributed by atoms with Crippen LogP contribution < -0.4 is 20.9 Å². The van der Waals surface area contributed by atoms with Crippen molar-refractivity contribution in [3.8, 4) is 5.75 Å². The highest BCUT2D eigenvalue weighted by Gasteiger charge is 2.16. The molecular formula is C25H25N3O4. The third-order valence-electron chi connectivity index (χ3n) is 4.75. The van der Waals surface area contributed by atoms with Crippen LogP contribution in [0.4, 0.5) is 5.69 Å². The number of hydrogen-bond acceptors (Lipinski definition) is 4. The first-order chi connectivity index (χ1) is 15.5. The fraction of sp³-hybridized carbons (Fsp3) is 0.160. The second-order valence-electron chi connectivity index (χ2n) is 7.10. The van der Waals surface area contributed by atoms with Crippen LogP contribution in [0.2, 0.25) is 0 Å². The molecule has 0 saturated heterocycles. The van der Waals surface area contributed by atoms with E-state index in [1.165, 1.54) is 5.56 Å². The van der Waals surface area contributed by atoms with E-state index in [9.17, 15) is 14.4 Å². The summed E-state index contributed by atoms with van der Waals surface area (Å²) in [5.74, 6) is -0.638. The van der Waals surface area contributed by atoms with E-state index >= 15 is 0 Å². The first-order valence-electron chi connectivity index (χ1n) is 10.3. The zero-order valence-electron chi connectivity index (χ0n) is 17.9. The molecule has 7 heteroatoms. The summed E-state index contributed by atoms with van der Waals surface area (Å²) in [5.41, 5.74) is 7.31. The van der Waals surface area contributed by atoms with E-state index in [4.69, 9.17) is 4.74 Å². The van der Waals surface area contributed by atoms with Crippen LogP contribution >= 0.6 is 0 Å². The predicted molar refractivity (Wildman–Crippen MR) is 122 cm³/mol. The predicted octanol–water partition coefficient (Wildman–Crippen LogP) is 3.73. The van der Waals surface area contributed by atoms with Crippen molar-refractivity contribution in [2.75, 3.05) is 5.32 Å². The Morgan fingerprint density at radius 3 is 2.03 bits per heavy atom. The normalized spacial score (nSPS) is 11.2. The van der Waals surface area contributed by atoms with Crippen LogP contribution in [0.1, 0.15) is 40.1 Å². The van der Waals surface area contributed by atoms with Gasteiger partial charge in [0, 0.05) is 16.8 Å². The number of nitrogens with one attached hydrogen (secondary N) is 3. The lowest BCUT2D eigenvalue weighted by molar-refractivity contribution is -0.128. The zero-order valence-corrected chi connectivity index (χ0v) is 17.9. The Morgan fingerprint density at radius 2 is 1.41 bits per heavy atom. The molecule has 0 bridgehead atoms. The summed E-state index contributed by atoms with van der Waals surface area (Å²) in [6, 6.07) is 22.6. The third-order valence-corrected chi connectivity index (χ3v) is 4.75. The second-order valence-corrected chi connectivity index (χ2v) is 7.10. The van der Waals surface area contributed by atoms with Crippen LogP contribution in [-0.4, -0.2) is 23.8 Å². The summed E-state index contributed by atoms with van der Waals surface area (Å²) in [6.07, 6.45) is 0.126. The summed E-state index contributed by atoms with van der Waals surface area (Å²) in [7, 11) is 0. The monoisotopic (exact) mass is 431 g/mol. The molecule has 3 aromatic carbocycles. The molecule has 0 aliphatic rings. The van der Waals surface area contributed by atoms with Crippen LogP contribution in [0.5, 0.6) is 5.75 Å². The Labute approximate surface area is 186 Å². The summed E-state index contributed by atoms with van der Waals surface area (Å²) in [4.78, 5) is 36.7. The van der Waals surface area contributed by atoms with Gasteiger partial charge in [-0.05, 0) is 67.4 Å². The van der Waals surface area contributed by atoms with Gasteiger partial charge in [0.2, 0.25) is 0 Å². The summed E-state index contributed by atoms with van der Waals surface area (Å²) < 4.78 is 5.60. The van der Waals surface area contributed by atoms with Gasteiger partial charge in [-0.3, -0.25) is 25.2 Å².